The minimum Gasteiger partial charge on any atom is -0.508 e. The van der Waals surface area contributed by atoms with Crippen molar-refractivity contribution in [1.29, 1.82) is 0 Å². The molecule has 1 amide bonds. The fourth-order valence-electron chi connectivity index (χ4n) is 1.80. The van der Waals surface area contributed by atoms with Gasteiger partial charge >= 0.3 is 0 Å². The molecule has 0 saturated heterocycles. The zero-order valence-corrected chi connectivity index (χ0v) is 11.8. The van der Waals surface area contributed by atoms with Gasteiger partial charge in [0.15, 0.2) is 0 Å². The van der Waals surface area contributed by atoms with E-state index in [-0.39, 0.29) is 11.7 Å². The second-order valence-electron chi connectivity index (χ2n) is 4.84. The van der Waals surface area contributed by atoms with Gasteiger partial charge in [-0.15, -0.1) is 0 Å². The lowest BCUT2D eigenvalue weighted by Crippen LogP contribution is -2.41. The molecule has 4 N–H and O–H groups in total. The third-order valence-corrected chi connectivity index (χ3v) is 3.01. The summed E-state index contributed by atoms with van der Waals surface area (Å²) in [5, 5.41) is 11.9. The Labute approximate surface area is 123 Å². The van der Waals surface area contributed by atoms with E-state index >= 15 is 0 Å². The summed E-state index contributed by atoms with van der Waals surface area (Å²) in [6.07, 6.45) is 3.69. The molecule has 0 fully saturated rings. The number of hydrogen-bond acceptors (Lipinski definition) is 5. The molecule has 21 heavy (non-hydrogen) atoms. The smallest absolute Gasteiger partial charge is 0.237 e. The highest BCUT2D eigenvalue weighted by Crippen LogP contribution is 2.10. The fraction of sp³-hybridized carbons (Fsp3) is 0.267. The molecule has 1 aromatic carbocycles. The van der Waals surface area contributed by atoms with E-state index in [0.717, 1.165) is 11.3 Å². The van der Waals surface area contributed by atoms with Crippen LogP contribution in [0.5, 0.6) is 5.75 Å². The third-order valence-electron chi connectivity index (χ3n) is 3.01. The average molecular weight is 286 g/mol. The van der Waals surface area contributed by atoms with Gasteiger partial charge < -0.3 is 16.2 Å². The first-order chi connectivity index (χ1) is 10.0. The molecule has 0 saturated carbocycles. The van der Waals surface area contributed by atoms with E-state index in [9.17, 15) is 9.90 Å². The number of aromatic nitrogens is 2. The van der Waals surface area contributed by atoms with E-state index in [0.29, 0.717) is 18.7 Å². The number of carbonyl (C=O) groups excluding carboxylic acids is 1. The zero-order chi connectivity index (χ0) is 15.2. The number of nitrogens with zero attached hydrogens (tertiary/aromatic N) is 2. The van der Waals surface area contributed by atoms with Gasteiger partial charge in [-0.05, 0) is 31.0 Å². The summed E-state index contributed by atoms with van der Waals surface area (Å²) in [6.45, 7) is 2.15. The quantitative estimate of drug-likeness (QED) is 0.750. The van der Waals surface area contributed by atoms with E-state index < -0.39 is 6.04 Å². The lowest BCUT2D eigenvalue weighted by molar-refractivity contribution is -0.122. The fourth-order valence-corrected chi connectivity index (χ4v) is 1.80. The highest BCUT2D eigenvalue weighted by atomic mass is 16.3. The van der Waals surface area contributed by atoms with Crippen LogP contribution in [0, 0.1) is 6.92 Å². The monoisotopic (exact) mass is 286 g/mol. The second kappa shape index (κ2) is 6.81. The molecule has 0 unspecified atom stereocenters. The lowest BCUT2D eigenvalue weighted by Gasteiger charge is -2.12. The first kappa shape index (κ1) is 14.9. The number of phenols is 1. The van der Waals surface area contributed by atoms with Crippen LogP contribution < -0.4 is 11.1 Å². The van der Waals surface area contributed by atoms with Crippen molar-refractivity contribution in [1.82, 2.24) is 15.3 Å². The van der Waals surface area contributed by atoms with Gasteiger partial charge in [-0.25, -0.2) is 0 Å². The Morgan fingerprint density at radius 3 is 2.62 bits per heavy atom. The number of phenolic OH excluding ortho intramolecular Hbond substituents is 1. The molecule has 1 aromatic heterocycles. The van der Waals surface area contributed by atoms with Crippen molar-refractivity contribution in [3.05, 3.63) is 53.6 Å². The van der Waals surface area contributed by atoms with Gasteiger partial charge in [0.05, 0.1) is 30.2 Å². The molecule has 6 heteroatoms. The Kier molecular flexibility index (Phi) is 4.84. The van der Waals surface area contributed by atoms with Crippen LogP contribution in [0.4, 0.5) is 0 Å². The number of carbonyl (C=O) groups is 1. The minimum atomic E-state index is -0.645. The average Bonchev–Trinajstić information content (AvgIpc) is 2.48. The molecule has 6 nitrogen and oxygen atoms in total. The maximum atomic E-state index is 11.9. The normalized spacial score (nSPS) is 11.9. The van der Waals surface area contributed by atoms with Crippen LogP contribution in [0.15, 0.2) is 36.7 Å². The van der Waals surface area contributed by atoms with Crippen LogP contribution >= 0.6 is 0 Å². The number of nitrogens with one attached hydrogen (secondary N) is 1. The van der Waals surface area contributed by atoms with Crippen LogP contribution in [0.1, 0.15) is 17.0 Å². The Morgan fingerprint density at radius 1 is 1.29 bits per heavy atom. The number of aromatic hydroxyl groups is 1. The minimum absolute atomic E-state index is 0.190. The summed E-state index contributed by atoms with van der Waals surface area (Å²) in [5.41, 5.74) is 8.27. The topological polar surface area (TPSA) is 101 Å². The summed E-state index contributed by atoms with van der Waals surface area (Å²) in [6, 6.07) is 5.99. The van der Waals surface area contributed by atoms with Crippen molar-refractivity contribution in [3.8, 4) is 5.75 Å². The summed E-state index contributed by atoms with van der Waals surface area (Å²) in [7, 11) is 0. The van der Waals surface area contributed by atoms with Gasteiger partial charge in [0, 0.05) is 6.20 Å². The Hall–Kier alpha value is -2.47. The van der Waals surface area contributed by atoms with Gasteiger partial charge in [-0.1, -0.05) is 12.1 Å². The molecule has 0 aliphatic heterocycles. The van der Waals surface area contributed by atoms with Crippen molar-refractivity contribution < 1.29 is 9.90 Å². The van der Waals surface area contributed by atoms with Crippen molar-refractivity contribution >= 4 is 5.91 Å². The molecule has 0 aliphatic rings. The molecule has 110 valence electrons. The first-order valence-electron chi connectivity index (χ1n) is 6.63. The summed E-state index contributed by atoms with van der Waals surface area (Å²) in [5.74, 6) is -0.0554. The van der Waals surface area contributed by atoms with Gasteiger partial charge in [-0.3, -0.25) is 14.8 Å². The van der Waals surface area contributed by atoms with Gasteiger partial charge in [0.25, 0.3) is 0 Å². The third kappa shape index (κ3) is 4.54. The van der Waals surface area contributed by atoms with Crippen LogP contribution in [-0.4, -0.2) is 27.0 Å². The molecular weight excluding hydrogens is 268 g/mol. The Balaban J connectivity index is 1.84. The molecule has 1 heterocycles. The van der Waals surface area contributed by atoms with Crippen LogP contribution in [0.3, 0.4) is 0 Å². The summed E-state index contributed by atoms with van der Waals surface area (Å²) < 4.78 is 0. The summed E-state index contributed by atoms with van der Waals surface area (Å²) in [4.78, 5) is 20.2. The molecule has 0 bridgehead atoms. The standard InChI is InChI=1S/C15H18N4O2/c1-10-7-18-12(8-17-10)9-19-15(21)14(16)6-11-2-4-13(20)5-3-11/h2-5,7-8,14,20H,6,9,16H2,1H3,(H,19,21)/t14-/m1/s1. The van der Waals surface area contributed by atoms with Crippen molar-refractivity contribution in [2.24, 2.45) is 5.73 Å². The molecule has 2 aromatic rings. The molecule has 0 aliphatic carbocycles. The SMILES string of the molecule is Cc1cnc(CNC(=O)[C@H](N)Cc2ccc(O)cc2)cn1. The Morgan fingerprint density at radius 2 is 2.00 bits per heavy atom. The number of aryl methyl sites for hydroxylation is 1. The lowest BCUT2D eigenvalue weighted by atomic mass is 10.1. The highest BCUT2D eigenvalue weighted by molar-refractivity contribution is 5.81. The van der Waals surface area contributed by atoms with Gasteiger partial charge in [0.1, 0.15) is 5.75 Å². The van der Waals surface area contributed by atoms with E-state index in [1.807, 2.05) is 6.92 Å². The van der Waals surface area contributed by atoms with Gasteiger partial charge in [0.2, 0.25) is 5.91 Å². The number of amides is 1. The predicted molar refractivity (Wildman–Crippen MR) is 78.4 cm³/mol. The van der Waals surface area contributed by atoms with E-state index in [1.54, 1.807) is 36.7 Å². The highest BCUT2D eigenvalue weighted by Gasteiger charge is 2.14. The van der Waals surface area contributed by atoms with Gasteiger partial charge in [-0.2, -0.15) is 0 Å². The van der Waals surface area contributed by atoms with E-state index in [1.165, 1.54) is 0 Å². The van der Waals surface area contributed by atoms with Crippen molar-refractivity contribution in [3.63, 3.8) is 0 Å². The number of hydrogen-bond donors (Lipinski definition) is 3. The van der Waals surface area contributed by atoms with Crippen molar-refractivity contribution in [2.45, 2.75) is 25.9 Å². The maximum Gasteiger partial charge on any atom is 0.237 e. The number of nitrogens with two attached hydrogens (primary N) is 1. The Bertz CT molecular complexity index is 596. The molecule has 2 rings (SSSR count). The van der Waals surface area contributed by atoms with Crippen LogP contribution in [0.25, 0.3) is 0 Å². The molecule has 1 atom stereocenters. The number of benzene rings is 1. The molecule has 0 radical (unpaired) electrons. The zero-order valence-electron chi connectivity index (χ0n) is 11.8. The largest absolute Gasteiger partial charge is 0.508 e. The predicted octanol–water partition coefficient (Wildman–Crippen LogP) is 0.677. The van der Waals surface area contributed by atoms with Crippen molar-refractivity contribution in [2.75, 3.05) is 0 Å². The second-order valence-corrected chi connectivity index (χ2v) is 4.84. The molecular formula is C15H18N4O2. The van der Waals surface area contributed by atoms with E-state index in [2.05, 4.69) is 15.3 Å². The maximum absolute atomic E-state index is 11.9. The molecule has 0 spiro atoms. The number of rotatable bonds is 5. The summed E-state index contributed by atoms with van der Waals surface area (Å²) >= 11 is 0. The van der Waals surface area contributed by atoms with Crippen LogP contribution in [-0.2, 0) is 17.8 Å². The van der Waals surface area contributed by atoms with E-state index in [4.69, 9.17) is 5.73 Å². The van der Waals surface area contributed by atoms with Crippen LogP contribution in [0.2, 0.25) is 0 Å². The first-order valence-corrected chi connectivity index (χ1v) is 6.63.